The zero-order valence-corrected chi connectivity index (χ0v) is 11.8. The fraction of sp³-hybridized carbons (Fsp3) is 1.00. The molecule has 0 aromatic heterocycles. The Kier molecular flexibility index (Phi) is 13.1. The molecule has 2 heteroatoms. The van der Waals surface area contributed by atoms with Gasteiger partial charge in [0.25, 0.3) is 6.92 Å². The van der Waals surface area contributed by atoms with Gasteiger partial charge in [-0.2, -0.15) is 0 Å². The van der Waals surface area contributed by atoms with Gasteiger partial charge < -0.3 is 4.65 Å². The van der Waals surface area contributed by atoms with E-state index < -0.39 is 0 Å². The van der Waals surface area contributed by atoms with E-state index in [0.29, 0.717) is 6.92 Å². The fourth-order valence-corrected chi connectivity index (χ4v) is 2.01. The first kappa shape index (κ1) is 16.0. The molecule has 0 radical (unpaired) electrons. The summed E-state index contributed by atoms with van der Waals surface area (Å²) in [5.74, 6) is 0. The summed E-state index contributed by atoms with van der Waals surface area (Å²) in [6.07, 6.45) is 13.4. The monoisotopic (exact) mass is 226 g/mol. The molecular weight excluding hydrogens is 195 g/mol. The molecule has 0 atom stereocenters. The molecular formula is C14H31BO. The molecule has 0 saturated carbocycles. The molecule has 0 amide bonds. The van der Waals surface area contributed by atoms with Crippen LogP contribution in [0.4, 0.5) is 0 Å². The van der Waals surface area contributed by atoms with Crippen molar-refractivity contribution in [3.05, 3.63) is 0 Å². The maximum atomic E-state index is 5.79. The lowest BCUT2D eigenvalue weighted by Gasteiger charge is -2.09. The van der Waals surface area contributed by atoms with Crippen LogP contribution in [0.1, 0.15) is 72.1 Å². The van der Waals surface area contributed by atoms with Crippen molar-refractivity contribution >= 4 is 6.92 Å². The van der Waals surface area contributed by atoms with Crippen LogP contribution >= 0.6 is 0 Å². The summed E-state index contributed by atoms with van der Waals surface area (Å²) in [6, 6.07) is 0. The Morgan fingerprint density at radius 1 is 0.688 bits per heavy atom. The molecule has 0 N–H and O–H groups in total. The summed E-state index contributed by atoms with van der Waals surface area (Å²) < 4.78 is 5.79. The van der Waals surface area contributed by atoms with Gasteiger partial charge in [0.1, 0.15) is 0 Å². The minimum absolute atomic E-state index is 0.504. The Morgan fingerprint density at radius 2 is 1.19 bits per heavy atom. The highest BCUT2D eigenvalue weighted by molar-refractivity contribution is 6.51. The topological polar surface area (TPSA) is 9.23 Å². The third-order valence-electron chi connectivity index (χ3n) is 3.26. The van der Waals surface area contributed by atoms with Crippen LogP contribution in [0.2, 0.25) is 12.6 Å². The first-order chi connectivity index (χ1) is 7.85. The molecule has 0 aliphatic carbocycles. The first-order valence-corrected chi connectivity index (χ1v) is 7.46. The van der Waals surface area contributed by atoms with Crippen molar-refractivity contribution in [2.24, 2.45) is 0 Å². The number of hydrogen-bond donors (Lipinski definition) is 0. The van der Waals surface area contributed by atoms with Gasteiger partial charge in [-0.05, 0) is 6.42 Å². The van der Waals surface area contributed by atoms with Crippen LogP contribution in [-0.2, 0) is 4.65 Å². The second kappa shape index (κ2) is 13.1. The Hall–Kier alpha value is 0.0249. The molecule has 0 spiro atoms. The lowest BCUT2D eigenvalue weighted by molar-refractivity contribution is 0.305. The molecule has 0 aliphatic heterocycles. The van der Waals surface area contributed by atoms with Crippen molar-refractivity contribution in [1.29, 1.82) is 0 Å². The molecule has 16 heavy (non-hydrogen) atoms. The lowest BCUT2D eigenvalue weighted by atomic mass is 9.62. The Bertz CT molecular complexity index is 124. The minimum atomic E-state index is 0.504. The smallest absolute Gasteiger partial charge is 0.292 e. The zero-order chi connectivity index (χ0) is 12.1. The van der Waals surface area contributed by atoms with E-state index in [9.17, 15) is 0 Å². The lowest BCUT2D eigenvalue weighted by Crippen LogP contribution is -2.15. The van der Waals surface area contributed by atoms with Crippen LogP contribution in [-0.4, -0.2) is 13.5 Å². The van der Waals surface area contributed by atoms with Crippen molar-refractivity contribution in [2.45, 2.75) is 84.8 Å². The predicted molar refractivity (Wildman–Crippen MR) is 75.3 cm³/mol. The first-order valence-electron chi connectivity index (χ1n) is 7.46. The quantitative estimate of drug-likeness (QED) is 0.329. The van der Waals surface area contributed by atoms with Crippen molar-refractivity contribution in [1.82, 2.24) is 0 Å². The van der Waals surface area contributed by atoms with Crippen molar-refractivity contribution in [3.63, 3.8) is 0 Å². The van der Waals surface area contributed by atoms with E-state index in [-0.39, 0.29) is 0 Å². The van der Waals surface area contributed by atoms with Gasteiger partial charge in [0.05, 0.1) is 0 Å². The Labute approximate surface area is 103 Å². The van der Waals surface area contributed by atoms with Crippen LogP contribution in [0.25, 0.3) is 0 Å². The van der Waals surface area contributed by atoms with Gasteiger partial charge in [0, 0.05) is 6.61 Å². The van der Waals surface area contributed by atoms with Crippen LogP contribution in [0.15, 0.2) is 0 Å². The van der Waals surface area contributed by atoms with Gasteiger partial charge in [-0.1, -0.05) is 78.4 Å². The normalized spacial score (nSPS) is 10.7. The van der Waals surface area contributed by atoms with Gasteiger partial charge in [0.2, 0.25) is 0 Å². The fourth-order valence-electron chi connectivity index (χ4n) is 2.01. The summed E-state index contributed by atoms with van der Waals surface area (Å²) in [5.41, 5.74) is 0. The second-order valence-electron chi connectivity index (χ2n) is 4.78. The van der Waals surface area contributed by atoms with Crippen molar-refractivity contribution in [3.8, 4) is 0 Å². The van der Waals surface area contributed by atoms with Crippen LogP contribution < -0.4 is 0 Å². The summed E-state index contributed by atoms with van der Waals surface area (Å²) in [4.78, 5) is 0. The van der Waals surface area contributed by atoms with E-state index in [1.54, 1.807) is 0 Å². The van der Waals surface area contributed by atoms with Gasteiger partial charge >= 0.3 is 0 Å². The van der Waals surface area contributed by atoms with Crippen molar-refractivity contribution < 1.29 is 4.65 Å². The van der Waals surface area contributed by atoms with E-state index in [4.69, 9.17) is 4.65 Å². The molecule has 0 aromatic rings. The van der Waals surface area contributed by atoms with Crippen LogP contribution in [0.5, 0.6) is 0 Å². The van der Waals surface area contributed by atoms with Gasteiger partial charge in [0.15, 0.2) is 0 Å². The predicted octanol–water partition coefficient (Wildman–Crippen LogP) is 5.18. The SMILES string of the molecule is CCCCCCCCCCOB(CC)CC. The van der Waals surface area contributed by atoms with E-state index in [2.05, 4.69) is 20.8 Å². The average Bonchev–Trinajstić information content (AvgIpc) is 2.32. The number of hydrogen-bond acceptors (Lipinski definition) is 1. The summed E-state index contributed by atoms with van der Waals surface area (Å²) >= 11 is 0. The highest BCUT2D eigenvalue weighted by Crippen LogP contribution is 2.09. The third kappa shape index (κ3) is 10.5. The highest BCUT2D eigenvalue weighted by Gasteiger charge is 2.08. The highest BCUT2D eigenvalue weighted by atomic mass is 16.4. The molecule has 0 aliphatic rings. The van der Waals surface area contributed by atoms with E-state index in [1.807, 2.05) is 0 Å². The molecule has 0 heterocycles. The van der Waals surface area contributed by atoms with Gasteiger partial charge in [-0.25, -0.2) is 0 Å². The van der Waals surface area contributed by atoms with E-state index in [1.165, 1.54) is 51.4 Å². The average molecular weight is 226 g/mol. The molecule has 0 unspecified atom stereocenters. The molecule has 1 nitrogen and oxygen atoms in total. The van der Waals surface area contributed by atoms with Crippen LogP contribution in [0, 0.1) is 0 Å². The molecule has 0 rings (SSSR count). The molecule has 96 valence electrons. The Morgan fingerprint density at radius 3 is 1.69 bits per heavy atom. The summed E-state index contributed by atoms with van der Waals surface area (Å²) in [6.45, 7) is 8.17. The second-order valence-corrected chi connectivity index (χ2v) is 4.78. The summed E-state index contributed by atoms with van der Waals surface area (Å²) in [5, 5.41) is 0. The zero-order valence-electron chi connectivity index (χ0n) is 11.8. The van der Waals surface area contributed by atoms with E-state index in [0.717, 1.165) is 19.2 Å². The molecule has 0 saturated heterocycles. The maximum absolute atomic E-state index is 5.79. The minimum Gasteiger partial charge on any atom is -0.436 e. The molecule has 0 aromatic carbocycles. The number of unbranched alkanes of at least 4 members (excludes halogenated alkanes) is 7. The van der Waals surface area contributed by atoms with Gasteiger partial charge in [-0.3, -0.25) is 0 Å². The Balaban J connectivity index is 3.03. The van der Waals surface area contributed by atoms with E-state index >= 15 is 0 Å². The van der Waals surface area contributed by atoms with Crippen LogP contribution in [0.3, 0.4) is 0 Å². The number of rotatable bonds is 12. The van der Waals surface area contributed by atoms with Crippen molar-refractivity contribution in [2.75, 3.05) is 6.61 Å². The maximum Gasteiger partial charge on any atom is 0.292 e. The molecule has 0 bridgehead atoms. The largest absolute Gasteiger partial charge is 0.436 e. The van der Waals surface area contributed by atoms with Gasteiger partial charge in [-0.15, -0.1) is 0 Å². The summed E-state index contributed by atoms with van der Waals surface area (Å²) in [7, 11) is 0. The standard InChI is InChI=1S/C14H31BO/c1-4-7-8-9-10-11-12-13-14-16-15(5-2)6-3/h4-14H2,1-3H3. The molecule has 0 fully saturated rings. The third-order valence-corrected chi connectivity index (χ3v) is 3.26.